The van der Waals surface area contributed by atoms with E-state index in [1.54, 1.807) is 0 Å². The number of hydrogen-bond donors (Lipinski definition) is 1. The van der Waals surface area contributed by atoms with Crippen LogP contribution in [-0.4, -0.2) is 14.1 Å². The van der Waals surface area contributed by atoms with Crippen LogP contribution in [0.15, 0.2) is 12.3 Å². The van der Waals surface area contributed by atoms with Gasteiger partial charge in [0, 0.05) is 0 Å². The third-order valence-electron chi connectivity index (χ3n) is 1.31. The maximum Gasteiger partial charge on any atom is 0.249 e. The zero-order chi connectivity index (χ0) is 7.33. The Balaban J connectivity index is 3.76. The molecule has 3 heteroatoms. The first kappa shape index (κ1) is 9.21. The molecule has 0 aromatic heterocycles. The lowest BCUT2D eigenvalue weighted by molar-refractivity contribution is 0.974. The van der Waals surface area contributed by atoms with E-state index in [1.165, 1.54) is 0 Å². The van der Waals surface area contributed by atoms with E-state index in [9.17, 15) is 0 Å². The first-order valence-corrected chi connectivity index (χ1v) is 6.55. The van der Waals surface area contributed by atoms with Gasteiger partial charge < -0.3 is 4.98 Å². The van der Waals surface area contributed by atoms with E-state index in [-0.39, 0.29) is 0 Å². The zero-order valence-corrected chi connectivity index (χ0v) is 7.83. The van der Waals surface area contributed by atoms with Crippen molar-refractivity contribution in [3.05, 3.63) is 12.3 Å². The second kappa shape index (κ2) is 4.09. The van der Waals surface area contributed by atoms with Gasteiger partial charge in [-0.05, 0) is 12.6 Å². The highest BCUT2D eigenvalue weighted by Gasteiger charge is 2.22. The summed E-state index contributed by atoms with van der Waals surface area (Å²) in [5.74, 6) is 0. The van der Waals surface area contributed by atoms with E-state index < -0.39 is 7.55 Å². The fourth-order valence-electron chi connectivity index (χ4n) is 0.635. The van der Waals surface area contributed by atoms with Crippen LogP contribution in [0.25, 0.3) is 0 Å². The maximum absolute atomic E-state index is 6.12. The molecule has 1 N–H and O–H groups in total. The first-order valence-electron chi connectivity index (χ1n) is 3.26. The minimum absolute atomic E-state index is 0.940. The Morgan fingerprint density at radius 1 is 1.67 bits per heavy atom. The van der Waals surface area contributed by atoms with Crippen LogP contribution in [0.1, 0.15) is 13.8 Å². The van der Waals surface area contributed by atoms with Crippen LogP contribution in [0.3, 0.4) is 0 Å². The molecule has 54 valence electrons. The molecule has 0 radical (unpaired) electrons. The largest absolute Gasteiger partial charge is 0.323 e. The summed E-state index contributed by atoms with van der Waals surface area (Å²) in [7, 11) is -1.71. The molecule has 1 unspecified atom stereocenters. The maximum atomic E-state index is 6.12. The fourth-order valence-corrected chi connectivity index (χ4v) is 2.31. The Morgan fingerprint density at radius 3 is 2.33 bits per heavy atom. The van der Waals surface area contributed by atoms with Gasteiger partial charge in [-0.15, -0.1) is 17.7 Å². The van der Waals surface area contributed by atoms with E-state index in [0.717, 1.165) is 12.6 Å². The lowest BCUT2D eigenvalue weighted by atomic mass is 10.8. The highest BCUT2D eigenvalue weighted by Crippen LogP contribution is 2.10. The van der Waals surface area contributed by atoms with Gasteiger partial charge in [0.15, 0.2) is 0 Å². The van der Waals surface area contributed by atoms with E-state index in [0.29, 0.717) is 0 Å². The predicted molar refractivity (Wildman–Crippen MR) is 46.0 cm³/mol. The molecule has 0 saturated carbocycles. The van der Waals surface area contributed by atoms with Crippen molar-refractivity contribution in [1.82, 2.24) is 4.98 Å². The number of hydrogen-bond acceptors (Lipinski definition) is 1. The molecule has 0 amide bonds. The van der Waals surface area contributed by atoms with E-state index in [2.05, 4.69) is 25.4 Å². The second-order valence-corrected chi connectivity index (χ2v) is 7.17. The van der Waals surface area contributed by atoms with Gasteiger partial charge in [-0.3, -0.25) is 0 Å². The van der Waals surface area contributed by atoms with Gasteiger partial charge in [-0.1, -0.05) is 19.5 Å². The van der Waals surface area contributed by atoms with E-state index >= 15 is 0 Å². The van der Waals surface area contributed by atoms with Crippen molar-refractivity contribution in [1.29, 1.82) is 0 Å². The lowest BCUT2D eigenvalue weighted by Gasteiger charge is -2.17. The van der Waals surface area contributed by atoms with Gasteiger partial charge in [0.1, 0.15) is 0 Å². The molecule has 1 nitrogen and oxygen atoms in total. The third kappa shape index (κ3) is 3.03. The van der Waals surface area contributed by atoms with Crippen LogP contribution in [0, 0.1) is 0 Å². The Bertz CT molecular complexity index is 97.1. The molecule has 0 spiro atoms. The molecular weight excluding hydrogens is 150 g/mol. The number of halogens is 1. The Hall–Kier alpha value is 0.207. The summed E-state index contributed by atoms with van der Waals surface area (Å²) in [6, 6.07) is 1.01. The van der Waals surface area contributed by atoms with E-state index in [4.69, 9.17) is 11.1 Å². The molecule has 0 aromatic carbocycles. The van der Waals surface area contributed by atoms with Gasteiger partial charge in [0.05, 0.1) is 0 Å². The molecule has 0 heterocycles. The van der Waals surface area contributed by atoms with Crippen LogP contribution in [-0.2, 0) is 0 Å². The number of rotatable bonds is 4. The molecule has 0 rings (SSSR count). The van der Waals surface area contributed by atoms with Crippen molar-refractivity contribution in [2.24, 2.45) is 0 Å². The Morgan fingerprint density at radius 2 is 2.22 bits per heavy atom. The van der Waals surface area contributed by atoms with Crippen molar-refractivity contribution in [3.8, 4) is 0 Å². The summed E-state index contributed by atoms with van der Waals surface area (Å²) < 4.78 is 0. The van der Waals surface area contributed by atoms with Crippen molar-refractivity contribution < 1.29 is 0 Å². The average molecular weight is 164 g/mol. The van der Waals surface area contributed by atoms with Crippen LogP contribution in [0.5, 0.6) is 0 Å². The predicted octanol–water partition coefficient (Wildman–Crippen LogP) is 2.02. The van der Waals surface area contributed by atoms with Crippen LogP contribution < -0.4 is 4.98 Å². The lowest BCUT2D eigenvalue weighted by Crippen LogP contribution is -2.42. The summed E-state index contributed by atoms with van der Waals surface area (Å²) in [6.45, 7) is 8.78. The van der Waals surface area contributed by atoms with E-state index in [1.807, 2.05) is 5.70 Å². The molecule has 0 aliphatic rings. The minimum Gasteiger partial charge on any atom is -0.323 e. The van der Waals surface area contributed by atoms with Gasteiger partial charge in [0.25, 0.3) is 0 Å². The molecule has 1 atom stereocenters. The Labute approximate surface area is 62.9 Å². The number of nitrogens with one attached hydrogen (secondary N) is 1. The molecular formula is C6H14ClNSi. The molecule has 0 saturated heterocycles. The topological polar surface area (TPSA) is 12.0 Å². The summed E-state index contributed by atoms with van der Waals surface area (Å²) in [4.78, 5) is 3.24. The molecule has 0 aliphatic heterocycles. The normalized spacial score (nSPS) is 16.8. The second-order valence-electron chi connectivity index (χ2n) is 1.95. The quantitative estimate of drug-likeness (QED) is 0.494. The molecule has 0 fully saturated rings. The van der Waals surface area contributed by atoms with Crippen molar-refractivity contribution in [2.45, 2.75) is 19.9 Å². The molecule has 0 bridgehead atoms. The Kier molecular flexibility index (Phi) is 4.19. The monoisotopic (exact) mass is 163 g/mol. The highest BCUT2D eigenvalue weighted by molar-refractivity contribution is 7.21. The van der Waals surface area contributed by atoms with Crippen molar-refractivity contribution in [3.63, 3.8) is 0 Å². The fraction of sp³-hybridized carbons (Fsp3) is 0.667. The standard InChI is InChI=1S/C6H14ClNSi/c1-4-8-9(7,5-2)6-3/h5,8H,2,4,6H2,1,3H3. The minimum atomic E-state index is -1.71. The van der Waals surface area contributed by atoms with Crippen LogP contribution >= 0.6 is 11.1 Å². The van der Waals surface area contributed by atoms with Gasteiger partial charge in [-0.2, -0.15) is 0 Å². The van der Waals surface area contributed by atoms with Crippen LogP contribution in [0.2, 0.25) is 6.04 Å². The summed E-state index contributed by atoms with van der Waals surface area (Å²) >= 11 is 6.12. The highest BCUT2D eigenvalue weighted by atomic mass is 35.6. The molecule has 9 heavy (non-hydrogen) atoms. The van der Waals surface area contributed by atoms with Crippen molar-refractivity contribution >= 4 is 18.6 Å². The molecule has 0 aliphatic carbocycles. The van der Waals surface area contributed by atoms with Gasteiger partial charge in [0.2, 0.25) is 7.55 Å². The van der Waals surface area contributed by atoms with Crippen LogP contribution in [0.4, 0.5) is 0 Å². The summed E-state index contributed by atoms with van der Waals surface area (Å²) in [5.41, 5.74) is 1.87. The smallest absolute Gasteiger partial charge is 0.249 e. The zero-order valence-electron chi connectivity index (χ0n) is 6.08. The SMILES string of the molecule is C=C[Si](Cl)(CC)NCC. The first-order chi connectivity index (χ1) is 4.18. The summed E-state index contributed by atoms with van der Waals surface area (Å²) in [6.07, 6.45) is 0. The summed E-state index contributed by atoms with van der Waals surface area (Å²) in [5, 5.41) is 0. The third-order valence-corrected chi connectivity index (χ3v) is 5.59. The van der Waals surface area contributed by atoms with Gasteiger partial charge in [-0.25, -0.2) is 0 Å². The average Bonchev–Trinajstić information content (AvgIpc) is 1.89. The van der Waals surface area contributed by atoms with Crippen molar-refractivity contribution in [2.75, 3.05) is 6.54 Å². The van der Waals surface area contributed by atoms with Gasteiger partial charge >= 0.3 is 0 Å². The molecule has 0 aromatic rings.